The van der Waals surface area contributed by atoms with Crippen LogP contribution in [0.25, 0.3) is 0 Å². The molecule has 0 aliphatic heterocycles. The molecule has 0 amide bonds. The third-order valence-electron chi connectivity index (χ3n) is 0.0945. The molecular formula is C3H4F2. The minimum absolute atomic E-state index is 1.58. The van der Waals surface area contributed by atoms with Gasteiger partial charge in [-0.2, -0.15) is 8.78 Å². The maximum atomic E-state index is 11.3. The summed E-state index contributed by atoms with van der Waals surface area (Å²) >= 11 is 0. The summed E-state index contributed by atoms with van der Waals surface area (Å²) in [7, 11) is 0. The molecule has 0 rings (SSSR count). The highest BCUT2D eigenvalue weighted by molar-refractivity contribution is 4.72. The molecule has 0 saturated heterocycles. The number of hydrogen-bond donors (Lipinski definition) is 0. The van der Waals surface area contributed by atoms with Crippen LogP contribution >= 0.6 is 0 Å². The van der Waals surface area contributed by atoms with Gasteiger partial charge in [-0.05, 0) is 12.9 Å². The van der Waals surface area contributed by atoms with Crippen molar-refractivity contribution in [1.29, 1.82) is 0 Å². The summed E-state index contributed by atoms with van der Waals surface area (Å²) in [6, 6.07) is -1.58. The highest BCUT2D eigenvalue weighted by Crippen LogP contribution is 1.92. The lowest BCUT2D eigenvalue weighted by Crippen LogP contribution is -1.44. The summed E-state index contributed by atoms with van der Waals surface area (Å²) in [6.45, 7) is -2.97. The van der Waals surface area contributed by atoms with Crippen LogP contribution in [0, 0.1) is 0 Å². The Morgan fingerprint density at radius 2 is 2.80 bits per heavy atom. The predicted molar refractivity (Wildman–Crippen MR) is 16.0 cm³/mol. The molecule has 0 fully saturated rings. The lowest BCUT2D eigenvalue weighted by molar-refractivity contribution is 0.420. The Kier molecular flexibility index (Phi) is 0.388. The highest BCUT2D eigenvalue weighted by Gasteiger charge is 1.74. The molecule has 0 spiro atoms. The van der Waals surface area contributed by atoms with Crippen molar-refractivity contribution < 1.29 is 14.3 Å². The van der Waals surface area contributed by atoms with E-state index in [0.717, 1.165) is 0 Å². The van der Waals surface area contributed by atoms with E-state index in [1.165, 1.54) is 0 Å². The highest BCUT2D eigenvalue weighted by atomic mass is 19.3. The molecule has 0 radical (unpaired) electrons. The van der Waals surface area contributed by atoms with E-state index in [1.54, 1.807) is 0 Å². The van der Waals surface area contributed by atoms with Gasteiger partial charge in [0.25, 0.3) is 6.08 Å². The van der Waals surface area contributed by atoms with Crippen LogP contribution in [-0.4, -0.2) is 0 Å². The van der Waals surface area contributed by atoms with E-state index >= 15 is 0 Å². The van der Waals surface area contributed by atoms with Crippen LogP contribution in [0.15, 0.2) is 12.1 Å². The molecule has 0 nitrogen and oxygen atoms in total. The van der Waals surface area contributed by atoms with E-state index in [0.29, 0.717) is 0 Å². The molecule has 5 heavy (non-hydrogen) atoms. The van der Waals surface area contributed by atoms with E-state index in [9.17, 15) is 8.78 Å². The van der Waals surface area contributed by atoms with Gasteiger partial charge in [-0.15, -0.1) is 0 Å². The number of rotatable bonds is 0. The van der Waals surface area contributed by atoms with Crippen molar-refractivity contribution >= 4 is 0 Å². The van der Waals surface area contributed by atoms with Crippen molar-refractivity contribution in [2.75, 3.05) is 0 Å². The van der Waals surface area contributed by atoms with Gasteiger partial charge in [-0.25, -0.2) is 0 Å². The first-order chi connectivity index (χ1) is 3.85. The zero-order chi connectivity index (χ0) is 7.65. The van der Waals surface area contributed by atoms with Gasteiger partial charge >= 0.3 is 0 Å². The number of allylic oxidation sites excluding steroid dienone is 1. The lowest BCUT2D eigenvalue weighted by atomic mass is 10.7. The van der Waals surface area contributed by atoms with Crippen LogP contribution in [0.4, 0.5) is 8.78 Å². The number of halogens is 2. The molecule has 0 atom stereocenters. The fraction of sp³-hybridized carbons (Fsp3) is 0.333. The van der Waals surface area contributed by atoms with Crippen LogP contribution in [0.2, 0.25) is 0 Å². The number of hydrogen-bond acceptors (Lipinski definition) is 0. The molecule has 0 aromatic carbocycles. The molecule has 0 heterocycles. The van der Waals surface area contributed by atoms with E-state index in [1.807, 2.05) is 0 Å². The van der Waals surface area contributed by atoms with Crippen molar-refractivity contribution in [3.8, 4) is 0 Å². The van der Waals surface area contributed by atoms with E-state index in [2.05, 4.69) is 0 Å². The van der Waals surface area contributed by atoms with Gasteiger partial charge < -0.3 is 0 Å². The Morgan fingerprint density at radius 3 is 2.80 bits per heavy atom. The molecule has 0 aromatic heterocycles. The molecule has 0 bridgehead atoms. The molecule has 0 aliphatic rings. The first-order valence-electron chi connectivity index (χ1n) is 2.88. The monoisotopic (exact) mass is 82.1 g/mol. The Bertz CT molecular complexity index is 131. The van der Waals surface area contributed by atoms with Crippen LogP contribution < -0.4 is 0 Å². The fourth-order valence-electron chi connectivity index (χ4n) is 0. The first kappa shape index (κ1) is 1.03. The predicted octanol–water partition coefficient (Wildman–Crippen LogP) is 1.79. The Balaban J connectivity index is 4.40. The standard InChI is InChI=1S/C3H4F2/c1-2-3(4)5/h2H,1H3/i1D3,2D. The van der Waals surface area contributed by atoms with Crippen molar-refractivity contribution in [3.63, 3.8) is 0 Å². The van der Waals surface area contributed by atoms with Gasteiger partial charge in [-0.1, -0.05) is 0 Å². The zero-order valence-electron chi connectivity index (χ0n) is 6.26. The molecule has 0 saturated carbocycles. The second kappa shape index (κ2) is 1.88. The van der Waals surface area contributed by atoms with Crippen molar-refractivity contribution in [1.82, 2.24) is 0 Å². The average Bonchev–Trinajstić information content (AvgIpc) is 1.62. The molecule has 2 heteroatoms. The maximum absolute atomic E-state index is 11.3. The lowest BCUT2D eigenvalue weighted by Gasteiger charge is -1.62. The largest absolute Gasteiger partial charge is 0.266 e. The van der Waals surface area contributed by atoms with E-state index in [4.69, 9.17) is 5.48 Å². The smallest absolute Gasteiger partial charge is 0.174 e. The Hall–Kier alpha value is -0.400. The van der Waals surface area contributed by atoms with Crippen molar-refractivity contribution in [2.24, 2.45) is 0 Å². The minimum atomic E-state index is -2.97. The van der Waals surface area contributed by atoms with Gasteiger partial charge in [0.1, 0.15) is 0 Å². The van der Waals surface area contributed by atoms with Gasteiger partial charge in [0.2, 0.25) is 0 Å². The SMILES string of the molecule is [2H]C(=C(F)F)C([2H])([2H])[2H]. The summed E-state index contributed by atoms with van der Waals surface area (Å²) in [4.78, 5) is 0. The molecule has 0 unspecified atom stereocenters. The molecule has 0 aromatic rings. The van der Waals surface area contributed by atoms with E-state index in [-0.39, 0.29) is 0 Å². The van der Waals surface area contributed by atoms with Crippen molar-refractivity contribution in [2.45, 2.75) is 6.85 Å². The average molecular weight is 82.1 g/mol. The summed E-state index contributed by atoms with van der Waals surface area (Å²) in [5.74, 6) is 0. The molecular weight excluding hydrogens is 74.0 g/mol. The summed E-state index contributed by atoms with van der Waals surface area (Å²) in [5.41, 5.74) is 0. The van der Waals surface area contributed by atoms with Gasteiger partial charge in [0.15, 0.2) is 0 Å². The van der Waals surface area contributed by atoms with Gasteiger partial charge in [-0.3, -0.25) is 0 Å². The van der Waals surface area contributed by atoms with Gasteiger partial charge in [0.05, 0.1) is 1.37 Å². The maximum Gasteiger partial charge on any atom is 0.266 e. The minimum Gasteiger partial charge on any atom is -0.174 e. The van der Waals surface area contributed by atoms with Crippen LogP contribution in [-0.2, 0) is 0 Å². The van der Waals surface area contributed by atoms with Crippen molar-refractivity contribution in [3.05, 3.63) is 12.1 Å². The molecule has 0 N–H and O–H groups in total. The Labute approximate surface area is 34.7 Å². The second-order valence-electron chi connectivity index (χ2n) is 0.385. The summed E-state index contributed by atoms with van der Waals surface area (Å²) in [5, 5.41) is 0. The van der Waals surface area contributed by atoms with Crippen LogP contribution in [0.5, 0.6) is 0 Å². The summed E-state index contributed by atoms with van der Waals surface area (Å²) in [6.07, 6.45) is -2.45. The fourth-order valence-corrected chi connectivity index (χ4v) is 0. The van der Waals surface area contributed by atoms with Crippen LogP contribution in [0.1, 0.15) is 12.3 Å². The van der Waals surface area contributed by atoms with E-state index < -0.39 is 19.0 Å². The normalized spacial score (nSPS) is 21.2. The topological polar surface area (TPSA) is 0 Å². The van der Waals surface area contributed by atoms with Crippen LogP contribution in [0.3, 0.4) is 0 Å². The third-order valence-corrected chi connectivity index (χ3v) is 0.0945. The molecule has 0 aliphatic carbocycles. The first-order valence-corrected chi connectivity index (χ1v) is 0.878. The Morgan fingerprint density at radius 1 is 2.20 bits per heavy atom. The van der Waals surface area contributed by atoms with Gasteiger partial charge in [0, 0.05) is 4.11 Å². The quantitative estimate of drug-likeness (QED) is 0.418. The second-order valence-corrected chi connectivity index (χ2v) is 0.385. The zero-order valence-corrected chi connectivity index (χ0v) is 2.26. The molecule has 30 valence electrons. The third kappa shape index (κ3) is 3.60. The summed E-state index contributed by atoms with van der Waals surface area (Å²) < 4.78 is 47.6.